The molecule has 0 radical (unpaired) electrons. The lowest BCUT2D eigenvalue weighted by molar-refractivity contribution is 0.795. The zero-order valence-electron chi connectivity index (χ0n) is 8.77. The van der Waals surface area contributed by atoms with E-state index in [0.29, 0.717) is 0 Å². The molecule has 0 bridgehead atoms. The van der Waals surface area contributed by atoms with Gasteiger partial charge in [-0.25, -0.2) is 0 Å². The number of aryl methyl sites for hydroxylation is 1. The first-order chi connectivity index (χ1) is 6.90. The number of fused-ring (bicyclic) bond motifs is 1. The maximum atomic E-state index is 3.42. The predicted octanol–water partition coefficient (Wildman–Crippen LogP) is 2.87. The van der Waals surface area contributed by atoms with Crippen LogP contribution in [-0.2, 0) is 6.42 Å². The van der Waals surface area contributed by atoms with Gasteiger partial charge >= 0.3 is 0 Å². The standard InChI is InChI=1S/C12H18N2/c1-2-3-4-10-5-6-11-12(9-10)14-8-7-13-11/h5-6,9,13-14H,2-4,7-8H2,1H3. The Morgan fingerprint density at radius 3 is 2.71 bits per heavy atom. The smallest absolute Gasteiger partial charge is 0.0579 e. The van der Waals surface area contributed by atoms with Crippen molar-refractivity contribution in [2.75, 3.05) is 23.7 Å². The number of nitrogens with one attached hydrogen (secondary N) is 2. The Kier molecular flexibility index (Phi) is 2.92. The number of anilines is 2. The molecule has 0 aromatic heterocycles. The first kappa shape index (κ1) is 9.38. The second-order valence-corrected chi connectivity index (χ2v) is 3.84. The van der Waals surface area contributed by atoms with Crippen molar-refractivity contribution in [1.82, 2.24) is 0 Å². The summed E-state index contributed by atoms with van der Waals surface area (Å²) < 4.78 is 0. The molecule has 14 heavy (non-hydrogen) atoms. The molecule has 1 aromatic carbocycles. The van der Waals surface area contributed by atoms with Gasteiger partial charge in [-0.3, -0.25) is 0 Å². The second-order valence-electron chi connectivity index (χ2n) is 3.84. The van der Waals surface area contributed by atoms with Crippen molar-refractivity contribution in [1.29, 1.82) is 0 Å². The van der Waals surface area contributed by atoms with E-state index in [0.717, 1.165) is 13.1 Å². The molecule has 0 unspecified atom stereocenters. The molecule has 0 fully saturated rings. The van der Waals surface area contributed by atoms with Gasteiger partial charge in [0.25, 0.3) is 0 Å². The Morgan fingerprint density at radius 1 is 1.14 bits per heavy atom. The normalized spacial score (nSPS) is 14.1. The average molecular weight is 190 g/mol. The highest BCUT2D eigenvalue weighted by Crippen LogP contribution is 2.25. The molecule has 2 N–H and O–H groups in total. The maximum Gasteiger partial charge on any atom is 0.0579 e. The van der Waals surface area contributed by atoms with Gasteiger partial charge in [-0.05, 0) is 30.5 Å². The summed E-state index contributed by atoms with van der Waals surface area (Å²) in [5.41, 5.74) is 3.96. The Hall–Kier alpha value is -1.18. The summed E-state index contributed by atoms with van der Waals surface area (Å²) >= 11 is 0. The first-order valence-electron chi connectivity index (χ1n) is 5.51. The van der Waals surface area contributed by atoms with E-state index in [9.17, 15) is 0 Å². The molecular weight excluding hydrogens is 172 g/mol. The Balaban J connectivity index is 2.12. The lowest BCUT2D eigenvalue weighted by Gasteiger charge is -2.20. The van der Waals surface area contributed by atoms with E-state index in [1.165, 1.54) is 36.2 Å². The fourth-order valence-corrected chi connectivity index (χ4v) is 1.82. The van der Waals surface area contributed by atoms with Crippen LogP contribution in [0.3, 0.4) is 0 Å². The lowest BCUT2D eigenvalue weighted by Crippen LogP contribution is -2.20. The van der Waals surface area contributed by atoms with Gasteiger partial charge in [0.1, 0.15) is 0 Å². The molecule has 2 rings (SSSR count). The van der Waals surface area contributed by atoms with Crippen LogP contribution >= 0.6 is 0 Å². The third-order valence-corrected chi connectivity index (χ3v) is 2.66. The summed E-state index contributed by atoms with van der Waals surface area (Å²) in [5, 5.41) is 6.80. The van der Waals surface area contributed by atoms with Gasteiger partial charge in [-0.15, -0.1) is 0 Å². The van der Waals surface area contributed by atoms with Gasteiger partial charge in [0.05, 0.1) is 11.4 Å². The van der Waals surface area contributed by atoms with Crippen LogP contribution in [0.2, 0.25) is 0 Å². The van der Waals surface area contributed by atoms with Crippen LogP contribution in [0.25, 0.3) is 0 Å². The van der Waals surface area contributed by atoms with Crippen LogP contribution < -0.4 is 10.6 Å². The number of hydrogen-bond donors (Lipinski definition) is 2. The molecule has 2 nitrogen and oxygen atoms in total. The third kappa shape index (κ3) is 2.00. The topological polar surface area (TPSA) is 24.1 Å². The fraction of sp³-hybridized carbons (Fsp3) is 0.500. The summed E-state index contributed by atoms with van der Waals surface area (Å²) in [7, 11) is 0. The summed E-state index contributed by atoms with van der Waals surface area (Å²) in [4.78, 5) is 0. The Morgan fingerprint density at radius 2 is 1.93 bits per heavy atom. The minimum atomic E-state index is 1.03. The summed E-state index contributed by atoms with van der Waals surface area (Å²) in [6.45, 7) is 4.30. The van der Waals surface area contributed by atoms with E-state index in [4.69, 9.17) is 0 Å². The van der Waals surface area contributed by atoms with E-state index in [-0.39, 0.29) is 0 Å². The van der Waals surface area contributed by atoms with E-state index >= 15 is 0 Å². The van der Waals surface area contributed by atoms with E-state index in [1.54, 1.807) is 0 Å². The summed E-state index contributed by atoms with van der Waals surface area (Å²) in [6, 6.07) is 6.69. The van der Waals surface area contributed by atoms with Crippen molar-refractivity contribution in [3.05, 3.63) is 23.8 Å². The van der Waals surface area contributed by atoms with Crippen molar-refractivity contribution in [2.24, 2.45) is 0 Å². The molecule has 0 atom stereocenters. The molecule has 1 heterocycles. The quantitative estimate of drug-likeness (QED) is 0.765. The van der Waals surface area contributed by atoms with Gasteiger partial charge in [-0.2, -0.15) is 0 Å². The highest BCUT2D eigenvalue weighted by atomic mass is 15.0. The van der Waals surface area contributed by atoms with Gasteiger partial charge in [-0.1, -0.05) is 19.4 Å². The largest absolute Gasteiger partial charge is 0.382 e. The van der Waals surface area contributed by atoms with Gasteiger partial charge in [0, 0.05) is 13.1 Å². The average Bonchev–Trinajstić information content (AvgIpc) is 2.26. The number of rotatable bonds is 3. The molecule has 0 saturated heterocycles. The minimum absolute atomic E-state index is 1.03. The zero-order valence-corrected chi connectivity index (χ0v) is 8.77. The Labute approximate surface area is 85.7 Å². The molecule has 0 aliphatic carbocycles. The van der Waals surface area contributed by atoms with Crippen molar-refractivity contribution in [3.8, 4) is 0 Å². The lowest BCUT2D eigenvalue weighted by atomic mass is 10.1. The van der Waals surface area contributed by atoms with E-state index < -0.39 is 0 Å². The Bertz CT molecular complexity index is 307. The van der Waals surface area contributed by atoms with Crippen molar-refractivity contribution < 1.29 is 0 Å². The first-order valence-corrected chi connectivity index (χ1v) is 5.51. The number of hydrogen-bond acceptors (Lipinski definition) is 2. The van der Waals surface area contributed by atoms with Gasteiger partial charge in [0.15, 0.2) is 0 Å². The summed E-state index contributed by atoms with van der Waals surface area (Å²) in [5.74, 6) is 0. The molecular formula is C12H18N2. The van der Waals surface area contributed by atoms with Crippen molar-refractivity contribution >= 4 is 11.4 Å². The molecule has 76 valence electrons. The van der Waals surface area contributed by atoms with Crippen LogP contribution in [0.5, 0.6) is 0 Å². The molecule has 2 heteroatoms. The van der Waals surface area contributed by atoms with Gasteiger partial charge < -0.3 is 10.6 Å². The molecule has 1 aliphatic rings. The fourth-order valence-electron chi connectivity index (χ4n) is 1.82. The predicted molar refractivity (Wildman–Crippen MR) is 62.0 cm³/mol. The summed E-state index contributed by atoms with van der Waals surface area (Å²) in [6.07, 6.45) is 3.75. The SMILES string of the molecule is CCCCc1ccc2c(c1)NCCN2. The van der Waals surface area contributed by atoms with E-state index in [2.05, 4.69) is 35.8 Å². The van der Waals surface area contributed by atoms with Crippen LogP contribution in [-0.4, -0.2) is 13.1 Å². The monoisotopic (exact) mass is 190 g/mol. The highest BCUT2D eigenvalue weighted by molar-refractivity contribution is 5.71. The van der Waals surface area contributed by atoms with Crippen LogP contribution in [0.15, 0.2) is 18.2 Å². The molecule has 0 saturated carbocycles. The number of unbranched alkanes of at least 4 members (excludes halogenated alkanes) is 1. The number of benzene rings is 1. The van der Waals surface area contributed by atoms with Crippen molar-refractivity contribution in [3.63, 3.8) is 0 Å². The van der Waals surface area contributed by atoms with Crippen molar-refractivity contribution in [2.45, 2.75) is 26.2 Å². The maximum absolute atomic E-state index is 3.42. The second kappa shape index (κ2) is 4.36. The zero-order chi connectivity index (χ0) is 9.80. The van der Waals surface area contributed by atoms with Gasteiger partial charge in [0.2, 0.25) is 0 Å². The highest BCUT2D eigenvalue weighted by Gasteiger charge is 2.07. The molecule has 0 spiro atoms. The van der Waals surface area contributed by atoms with E-state index in [1.807, 2.05) is 0 Å². The third-order valence-electron chi connectivity index (χ3n) is 2.66. The molecule has 1 aromatic rings. The minimum Gasteiger partial charge on any atom is -0.382 e. The van der Waals surface area contributed by atoms with Crippen LogP contribution in [0.4, 0.5) is 11.4 Å². The molecule has 0 amide bonds. The van der Waals surface area contributed by atoms with Crippen LogP contribution in [0.1, 0.15) is 25.3 Å². The van der Waals surface area contributed by atoms with Crippen LogP contribution in [0, 0.1) is 0 Å². The molecule has 1 aliphatic heterocycles.